The number of hydrogen-bond donors (Lipinski definition) is 0. The van der Waals surface area contributed by atoms with Crippen LogP contribution in [-0.4, -0.2) is 5.78 Å². The number of carbonyl (C=O) groups excluding carboxylic acids is 1. The van der Waals surface area contributed by atoms with E-state index in [0.717, 1.165) is 31.1 Å². The van der Waals surface area contributed by atoms with E-state index in [-0.39, 0.29) is 5.41 Å². The summed E-state index contributed by atoms with van der Waals surface area (Å²) in [5.74, 6) is 2.69. The van der Waals surface area contributed by atoms with Gasteiger partial charge in [0.15, 0.2) is 0 Å². The van der Waals surface area contributed by atoms with Crippen LogP contribution in [0.25, 0.3) is 0 Å². The molecule has 0 N–H and O–H groups in total. The van der Waals surface area contributed by atoms with Crippen molar-refractivity contribution in [3.63, 3.8) is 0 Å². The van der Waals surface area contributed by atoms with Gasteiger partial charge in [-0.3, -0.25) is 4.79 Å². The summed E-state index contributed by atoms with van der Waals surface area (Å²) in [5.41, 5.74) is 4.76. The minimum atomic E-state index is 0.0147. The number of rotatable bonds is 2. The third-order valence-corrected chi connectivity index (χ3v) is 7.04. The minimum absolute atomic E-state index is 0.0147. The Kier molecular flexibility index (Phi) is 3.43. The molecule has 0 radical (unpaired) electrons. The minimum Gasteiger partial charge on any atom is -0.299 e. The molecule has 0 saturated heterocycles. The Hall–Kier alpha value is -1.11. The van der Waals surface area contributed by atoms with Crippen molar-refractivity contribution < 1.29 is 4.79 Å². The lowest BCUT2D eigenvalue weighted by atomic mass is 9.55. The summed E-state index contributed by atoms with van der Waals surface area (Å²) in [6.07, 6.45) is 9.31. The molecule has 0 aliphatic heterocycles. The maximum absolute atomic E-state index is 12.4. The fourth-order valence-electron chi connectivity index (χ4n) is 5.85. The molecule has 4 atom stereocenters. The second kappa shape index (κ2) is 5.22. The van der Waals surface area contributed by atoms with Gasteiger partial charge in [-0.1, -0.05) is 38.5 Å². The summed E-state index contributed by atoms with van der Waals surface area (Å²) in [4.78, 5) is 12.4. The molecule has 4 rings (SSSR count). The Morgan fingerprint density at radius 3 is 2.86 bits per heavy atom. The summed E-state index contributed by atoms with van der Waals surface area (Å²) in [6.45, 7) is 4.53. The number of hydrogen-bond acceptors (Lipinski definition) is 1. The molecule has 2 fully saturated rings. The summed E-state index contributed by atoms with van der Waals surface area (Å²) in [6, 6.07) is 7.26. The predicted molar refractivity (Wildman–Crippen MR) is 90.1 cm³/mol. The Morgan fingerprint density at radius 2 is 2.05 bits per heavy atom. The van der Waals surface area contributed by atoms with Crippen LogP contribution in [-0.2, 0) is 17.6 Å². The second-order valence-corrected chi connectivity index (χ2v) is 8.12. The van der Waals surface area contributed by atoms with Crippen LogP contribution >= 0.6 is 0 Å². The largest absolute Gasteiger partial charge is 0.299 e. The molecule has 0 amide bonds. The lowest BCUT2D eigenvalue weighted by Gasteiger charge is -2.48. The molecule has 0 aromatic heterocycles. The Morgan fingerprint density at radius 1 is 1.18 bits per heavy atom. The summed E-state index contributed by atoms with van der Waals surface area (Å²) in [7, 11) is 0. The molecule has 118 valence electrons. The highest BCUT2D eigenvalue weighted by Crippen LogP contribution is 2.59. The monoisotopic (exact) mass is 296 g/mol. The van der Waals surface area contributed by atoms with Crippen LogP contribution in [0.4, 0.5) is 0 Å². The van der Waals surface area contributed by atoms with Crippen molar-refractivity contribution in [3.05, 3.63) is 34.9 Å². The van der Waals surface area contributed by atoms with Gasteiger partial charge in [0, 0.05) is 11.8 Å². The molecule has 3 aliphatic carbocycles. The average molecular weight is 296 g/mol. The molecule has 22 heavy (non-hydrogen) atoms. The first-order valence-electron chi connectivity index (χ1n) is 9.28. The quantitative estimate of drug-likeness (QED) is 0.745. The van der Waals surface area contributed by atoms with Gasteiger partial charge in [-0.15, -0.1) is 0 Å². The smallest absolute Gasteiger partial charge is 0.139 e. The van der Waals surface area contributed by atoms with E-state index in [0.29, 0.717) is 11.7 Å². The maximum Gasteiger partial charge on any atom is 0.139 e. The van der Waals surface area contributed by atoms with Gasteiger partial charge in [-0.2, -0.15) is 0 Å². The Bertz CT molecular complexity index is 602. The standard InChI is InChI=1S/C21H28O/c1-3-4-14-5-7-16-15(13-14)6-8-18-17(16)11-12-21(2)19(18)9-10-20(21)22/h5,7,13,17-19H,3-4,6,8-12H2,1-2H3/t17-,18-,19+,21+/m1/s1. The van der Waals surface area contributed by atoms with Gasteiger partial charge in [-0.05, 0) is 73.0 Å². The van der Waals surface area contributed by atoms with Crippen LogP contribution in [0.3, 0.4) is 0 Å². The number of aryl methyl sites for hydroxylation is 2. The van der Waals surface area contributed by atoms with Gasteiger partial charge in [0.2, 0.25) is 0 Å². The van der Waals surface area contributed by atoms with E-state index in [2.05, 4.69) is 32.0 Å². The molecule has 0 heterocycles. The van der Waals surface area contributed by atoms with Crippen molar-refractivity contribution in [2.75, 3.05) is 0 Å². The van der Waals surface area contributed by atoms with E-state index < -0.39 is 0 Å². The van der Waals surface area contributed by atoms with Gasteiger partial charge >= 0.3 is 0 Å². The molecule has 0 unspecified atom stereocenters. The van der Waals surface area contributed by atoms with Crippen molar-refractivity contribution in [2.24, 2.45) is 17.3 Å². The van der Waals surface area contributed by atoms with Crippen LogP contribution in [0.15, 0.2) is 18.2 Å². The SMILES string of the molecule is CCCc1ccc2c(c1)CC[C@@H]1[C@@H]2CC[C@]2(C)C(=O)CC[C@@H]12. The number of ketones is 1. The van der Waals surface area contributed by atoms with Crippen molar-refractivity contribution in [2.45, 2.75) is 71.1 Å². The highest BCUT2D eigenvalue weighted by Gasteiger charge is 2.54. The third-order valence-electron chi connectivity index (χ3n) is 7.04. The van der Waals surface area contributed by atoms with E-state index in [1.165, 1.54) is 37.7 Å². The molecular formula is C21H28O. The van der Waals surface area contributed by atoms with Crippen LogP contribution in [0, 0.1) is 17.3 Å². The van der Waals surface area contributed by atoms with Crippen LogP contribution < -0.4 is 0 Å². The van der Waals surface area contributed by atoms with Crippen molar-refractivity contribution in [3.8, 4) is 0 Å². The summed E-state index contributed by atoms with van der Waals surface area (Å²) < 4.78 is 0. The van der Waals surface area contributed by atoms with E-state index >= 15 is 0 Å². The van der Waals surface area contributed by atoms with Crippen LogP contribution in [0.2, 0.25) is 0 Å². The van der Waals surface area contributed by atoms with Crippen molar-refractivity contribution in [1.82, 2.24) is 0 Å². The number of fused-ring (bicyclic) bond motifs is 5. The first kappa shape index (κ1) is 14.5. The normalized spacial score (nSPS) is 36.6. The van der Waals surface area contributed by atoms with E-state index in [1.54, 1.807) is 11.1 Å². The molecule has 2 saturated carbocycles. The highest BCUT2D eigenvalue weighted by atomic mass is 16.1. The van der Waals surface area contributed by atoms with Crippen molar-refractivity contribution in [1.29, 1.82) is 0 Å². The maximum atomic E-state index is 12.4. The fourth-order valence-corrected chi connectivity index (χ4v) is 5.85. The zero-order valence-corrected chi connectivity index (χ0v) is 14.0. The van der Waals surface area contributed by atoms with Gasteiger partial charge in [-0.25, -0.2) is 0 Å². The second-order valence-electron chi connectivity index (χ2n) is 8.12. The van der Waals surface area contributed by atoms with Gasteiger partial charge in [0.1, 0.15) is 5.78 Å². The molecule has 1 nitrogen and oxygen atoms in total. The Labute approximate surface area is 134 Å². The molecular weight excluding hydrogens is 268 g/mol. The van der Waals surface area contributed by atoms with E-state index in [1.807, 2.05) is 0 Å². The molecule has 0 spiro atoms. The van der Waals surface area contributed by atoms with Gasteiger partial charge in [0.05, 0.1) is 0 Å². The van der Waals surface area contributed by atoms with Gasteiger partial charge in [0.25, 0.3) is 0 Å². The van der Waals surface area contributed by atoms with E-state index in [9.17, 15) is 4.79 Å². The predicted octanol–water partition coefficient (Wildman–Crippen LogP) is 5.06. The average Bonchev–Trinajstić information content (AvgIpc) is 2.83. The number of Topliss-reactive ketones (excluding diaryl/α,β-unsaturated/α-hetero) is 1. The van der Waals surface area contributed by atoms with Crippen LogP contribution in [0.1, 0.15) is 75.0 Å². The topological polar surface area (TPSA) is 17.1 Å². The summed E-state index contributed by atoms with van der Waals surface area (Å²) in [5, 5.41) is 0. The Balaban J connectivity index is 1.66. The molecule has 1 aromatic carbocycles. The zero-order valence-electron chi connectivity index (χ0n) is 14.0. The number of benzene rings is 1. The molecule has 1 aromatic rings. The zero-order chi connectivity index (χ0) is 15.3. The highest BCUT2D eigenvalue weighted by molar-refractivity contribution is 5.87. The molecule has 1 heteroatoms. The first-order valence-corrected chi connectivity index (χ1v) is 9.28. The van der Waals surface area contributed by atoms with Crippen LogP contribution in [0.5, 0.6) is 0 Å². The van der Waals surface area contributed by atoms with Gasteiger partial charge < -0.3 is 0 Å². The van der Waals surface area contributed by atoms with Crippen molar-refractivity contribution >= 4 is 5.78 Å². The number of carbonyl (C=O) groups is 1. The molecule has 3 aliphatic rings. The first-order chi connectivity index (χ1) is 10.6. The fraction of sp³-hybridized carbons (Fsp3) is 0.667. The van der Waals surface area contributed by atoms with E-state index in [4.69, 9.17) is 0 Å². The molecule has 0 bridgehead atoms. The third kappa shape index (κ3) is 2.01. The lowest BCUT2D eigenvalue weighted by Crippen LogP contribution is -2.42. The summed E-state index contributed by atoms with van der Waals surface area (Å²) >= 11 is 0. The lowest BCUT2D eigenvalue weighted by molar-refractivity contribution is -0.129.